The van der Waals surface area contributed by atoms with E-state index in [2.05, 4.69) is 4.90 Å². The van der Waals surface area contributed by atoms with E-state index >= 15 is 0 Å². The van der Waals surface area contributed by atoms with Gasteiger partial charge in [-0.1, -0.05) is 12.1 Å². The van der Waals surface area contributed by atoms with Crippen LogP contribution in [-0.4, -0.2) is 61.3 Å². The van der Waals surface area contributed by atoms with Gasteiger partial charge in [-0.3, -0.25) is 14.5 Å². The van der Waals surface area contributed by atoms with E-state index in [0.29, 0.717) is 36.8 Å². The van der Waals surface area contributed by atoms with Crippen molar-refractivity contribution in [3.8, 4) is 5.75 Å². The van der Waals surface area contributed by atoms with Crippen LogP contribution in [0.3, 0.4) is 0 Å². The lowest BCUT2D eigenvalue weighted by atomic mass is 10.2. The number of aldehydes is 1. The van der Waals surface area contributed by atoms with Crippen LogP contribution in [0.2, 0.25) is 0 Å². The number of nitrogens with zero attached hydrogens (tertiary/aromatic N) is 2. The SMILES string of the molecule is O=Cc1cccc(OCCN2CCN(C(=O)c3ccco3)CC2)c1. The molecule has 1 aromatic carbocycles. The second-order valence-electron chi connectivity index (χ2n) is 5.65. The number of amides is 1. The van der Waals surface area contributed by atoms with Crippen molar-refractivity contribution in [2.45, 2.75) is 0 Å². The van der Waals surface area contributed by atoms with E-state index in [4.69, 9.17) is 9.15 Å². The Bertz CT molecular complexity index is 676. The third kappa shape index (κ3) is 4.02. The molecule has 1 fully saturated rings. The Morgan fingerprint density at radius 3 is 2.71 bits per heavy atom. The van der Waals surface area contributed by atoms with E-state index in [1.165, 1.54) is 6.26 Å². The van der Waals surface area contributed by atoms with E-state index in [1.807, 2.05) is 11.0 Å². The maximum absolute atomic E-state index is 12.2. The molecule has 6 heteroatoms. The molecular weight excluding hydrogens is 308 g/mol. The van der Waals surface area contributed by atoms with Crippen molar-refractivity contribution in [2.75, 3.05) is 39.3 Å². The summed E-state index contributed by atoms with van der Waals surface area (Å²) in [5, 5.41) is 0. The van der Waals surface area contributed by atoms with E-state index < -0.39 is 0 Å². The van der Waals surface area contributed by atoms with Crippen LogP contribution in [0.4, 0.5) is 0 Å². The predicted molar refractivity (Wildman–Crippen MR) is 88.4 cm³/mol. The Hall–Kier alpha value is -2.60. The summed E-state index contributed by atoms with van der Waals surface area (Å²) in [5.41, 5.74) is 0.609. The largest absolute Gasteiger partial charge is 0.492 e. The van der Waals surface area contributed by atoms with Crippen LogP contribution in [0, 0.1) is 0 Å². The number of benzene rings is 1. The van der Waals surface area contributed by atoms with Crippen LogP contribution in [0.1, 0.15) is 20.9 Å². The molecule has 2 heterocycles. The summed E-state index contributed by atoms with van der Waals surface area (Å²) in [4.78, 5) is 27.0. The Labute approximate surface area is 140 Å². The van der Waals surface area contributed by atoms with Gasteiger partial charge in [0.2, 0.25) is 0 Å². The molecule has 0 radical (unpaired) electrons. The van der Waals surface area contributed by atoms with Gasteiger partial charge in [0.25, 0.3) is 5.91 Å². The molecule has 0 aliphatic carbocycles. The standard InChI is InChI=1S/C18H20N2O4/c21-14-15-3-1-4-16(13-15)23-12-10-19-6-8-20(9-7-19)18(22)17-5-2-11-24-17/h1-5,11,13-14H,6-10,12H2. The highest BCUT2D eigenvalue weighted by atomic mass is 16.5. The van der Waals surface area contributed by atoms with Gasteiger partial charge in [-0.05, 0) is 24.3 Å². The van der Waals surface area contributed by atoms with Crippen molar-refractivity contribution < 1.29 is 18.7 Å². The molecule has 1 amide bonds. The lowest BCUT2D eigenvalue weighted by Crippen LogP contribution is -2.49. The molecule has 1 saturated heterocycles. The molecule has 6 nitrogen and oxygen atoms in total. The molecule has 1 aromatic heterocycles. The van der Waals surface area contributed by atoms with Crippen LogP contribution >= 0.6 is 0 Å². The Balaban J connectivity index is 1.41. The van der Waals surface area contributed by atoms with Crippen LogP contribution in [-0.2, 0) is 0 Å². The third-order valence-electron chi connectivity index (χ3n) is 4.06. The summed E-state index contributed by atoms with van der Waals surface area (Å²) in [6.45, 7) is 4.32. The summed E-state index contributed by atoms with van der Waals surface area (Å²) in [7, 11) is 0. The van der Waals surface area contributed by atoms with E-state index in [0.717, 1.165) is 25.9 Å². The minimum absolute atomic E-state index is 0.0541. The van der Waals surface area contributed by atoms with Crippen molar-refractivity contribution in [3.05, 3.63) is 54.0 Å². The highest BCUT2D eigenvalue weighted by Crippen LogP contribution is 2.13. The van der Waals surface area contributed by atoms with Crippen LogP contribution in [0.25, 0.3) is 0 Å². The highest BCUT2D eigenvalue weighted by Gasteiger charge is 2.23. The summed E-state index contributed by atoms with van der Waals surface area (Å²) in [6, 6.07) is 10.5. The molecule has 0 saturated carbocycles. The minimum Gasteiger partial charge on any atom is -0.492 e. The van der Waals surface area contributed by atoms with Crippen molar-refractivity contribution in [1.29, 1.82) is 0 Å². The summed E-state index contributed by atoms with van der Waals surface area (Å²) in [5.74, 6) is 1.04. The topological polar surface area (TPSA) is 63.0 Å². The first-order valence-corrected chi connectivity index (χ1v) is 7.99. The fourth-order valence-electron chi connectivity index (χ4n) is 2.70. The molecule has 1 aliphatic heterocycles. The first kappa shape index (κ1) is 16.3. The van der Waals surface area contributed by atoms with Gasteiger partial charge in [-0.2, -0.15) is 0 Å². The Morgan fingerprint density at radius 1 is 1.17 bits per heavy atom. The van der Waals surface area contributed by atoms with Gasteiger partial charge in [-0.15, -0.1) is 0 Å². The van der Waals surface area contributed by atoms with E-state index in [1.54, 1.807) is 30.3 Å². The quantitative estimate of drug-likeness (QED) is 0.758. The van der Waals surface area contributed by atoms with Gasteiger partial charge in [0.1, 0.15) is 18.6 Å². The molecule has 0 bridgehead atoms. The van der Waals surface area contributed by atoms with Gasteiger partial charge < -0.3 is 14.1 Å². The zero-order valence-corrected chi connectivity index (χ0v) is 13.4. The molecule has 0 unspecified atom stereocenters. The maximum Gasteiger partial charge on any atom is 0.289 e. The zero-order chi connectivity index (χ0) is 16.8. The monoisotopic (exact) mass is 328 g/mol. The average Bonchev–Trinajstić information content (AvgIpc) is 3.16. The van der Waals surface area contributed by atoms with Gasteiger partial charge in [-0.25, -0.2) is 0 Å². The molecule has 24 heavy (non-hydrogen) atoms. The predicted octanol–water partition coefficient (Wildman–Crippen LogP) is 1.93. The van der Waals surface area contributed by atoms with Gasteiger partial charge in [0.15, 0.2) is 5.76 Å². The lowest BCUT2D eigenvalue weighted by Gasteiger charge is -2.34. The first-order valence-electron chi connectivity index (χ1n) is 7.99. The molecule has 0 atom stereocenters. The number of carbonyl (C=O) groups excluding carboxylic acids is 2. The van der Waals surface area contributed by atoms with E-state index in [9.17, 15) is 9.59 Å². The van der Waals surface area contributed by atoms with Crippen molar-refractivity contribution in [2.24, 2.45) is 0 Å². The van der Waals surface area contributed by atoms with Crippen LogP contribution in [0.5, 0.6) is 5.75 Å². The fraction of sp³-hybridized carbons (Fsp3) is 0.333. The number of rotatable bonds is 6. The van der Waals surface area contributed by atoms with Crippen molar-refractivity contribution >= 4 is 12.2 Å². The smallest absolute Gasteiger partial charge is 0.289 e. The molecule has 1 aliphatic rings. The molecule has 126 valence electrons. The fourth-order valence-corrected chi connectivity index (χ4v) is 2.70. The minimum atomic E-state index is -0.0541. The normalized spacial score (nSPS) is 15.2. The number of piperazine rings is 1. The molecular formula is C18H20N2O4. The second-order valence-corrected chi connectivity index (χ2v) is 5.65. The molecule has 0 spiro atoms. The number of ether oxygens (including phenoxy) is 1. The second kappa shape index (κ2) is 7.79. The third-order valence-corrected chi connectivity index (χ3v) is 4.06. The van der Waals surface area contributed by atoms with E-state index in [-0.39, 0.29) is 5.91 Å². The van der Waals surface area contributed by atoms with Crippen LogP contribution in [0.15, 0.2) is 47.1 Å². The number of hydrogen-bond donors (Lipinski definition) is 0. The summed E-state index contributed by atoms with van der Waals surface area (Å²) < 4.78 is 10.8. The number of carbonyl (C=O) groups is 2. The van der Waals surface area contributed by atoms with Gasteiger partial charge >= 0.3 is 0 Å². The van der Waals surface area contributed by atoms with Crippen molar-refractivity contribution in [1.82, 2.24) is 9.80 Å². The molecule has 3 rings (SSSR count). The first-order chi connectivity index (χ1) is 11.8. The lowest BCUT2D eigenvalue weighted by molar-refractivity contribution is 0.0590. The zero-order valence-electron chi connectivity index (χ0n) is 13.4. The van der Waals surface area contributed by atoms with Crippen molar-refractivity contribution in [3.63, 3.8) is 0 Å². The average molecular weight is 328 g/mol. The van der Waals surface area contributed by atoms with Gasteiger partial charge in [0, 0.05) is 38.3 Å². The molecule has 2 aromatic rings. The highest BCUT2D eigenvalue weighted by molar-refractivity contribution is 5.91. The Kier molecular flexibility index (Phi) is 5.28. The maximum atomic E-state index is 12.2. The number of hydrogen-bond acceptors (Lipinski definition) is 5. The summed E-state index contributed by atoms with van der Waals surface area (Å²) >= 11 is 0. The Morgan fingerprint density at radius 2 is 2.00 bits per heavy atom. The summed E-state index contributed by atoms with van der Waals surface area (Å²) in [6.07, 6.45) is 2.32. The van der Waals surface area contributed by atoms with Gasteiger partial charge in [0.05, 0.1) is 6.26 Å². The number of furan rings is 1. The van der Waals surface area contributed by atoms with Crippen LogP contribution < -0.4 is 4.74 Å². The molecule has 0 N–H and O–H groups in total.